The van der Waals surface area contributed by atoms with E-state index in [1.54, 1.807) is 0 Å². The van der Waals surface area contributed by atoms with Crippen molar-refractivity contribution >= 4 is 39.5 Å². The predicted molar refractivity (Wildman–Crippen MR) is 363 cm³/mol. The highest BCUT2D eigenvalue weighted by atomic mass is 31.2. The molecule has 17 nitrogen and oxygen atoms in total. The van der Waals surface area contributed by atoms with Gasteiger partial charge in [0, 0.05) is 25.7 Å². The number of phosphoric ester groups is 2. The van der Waals surface area contributed by atoms with Crippen molar-refractivity contribution in [3.05, 3.63) is 0 Å². The van der Waals surface area contributed by atoms with Crippen molar-refractivity contribution in [2.24, 2.45) is 0 Å². The van der Waals surface area contributed by atoms with Crippen LogP contribution in [0.4, 0.5) is 0 Å². The monoisotopic (exact) mass is 1320 g/mol. The second-order valence-corrected chi connectivity index (χ2v) is 28.5. The van der Waals surface area contributed by atoms with Crippen molar-refractivity contribution in [2.75, 3.05) is 39.6 Å². The minimum absolute atomic E-state index is 0.107. The first-order valence-electron chi connectivity index (χ1n) is 37.3. The molecule has 0 radical (unpaired) electrons. The Kier molecular flexibility index (Phi) is 64.3. The summed E-state index contributed by atoms with van der Waals surface area (Å²) in [5.41, 5.74) is 0. The molecular weight excluding hydrogens is 1190 g/mol. The largest absolute Gasteiger partial charge is 0.472 e. The third-order valence-electron chi connectivity index (χ3n) is 16.6. The van der Waals surface area contributed by atoms with Gasteiger partial charge in [0.1, 0.15) is 19.3 Å². The summed E-state index contributed by atoms with van der Waals surface area (Å²) >= 11 is 0. The van der Waals surface area contributed by atoms with Crippen LogP contribution in [0.25, 0.3) is 0 Å². The maximum absolute atomic E-state index is 13.0. The van der Waals surface area contributed by atoms with Gasteiger partial charge in [0.05, 0.1) is 26.4 Å². The van der Waals surface area contributed by atoms with Crippen molar-refractivity contribution in [1.29, 1.82) is 0 Å². The minimum Gasteiger partial charge on any atom is -0.462 e. The van der Waals surface area contributed by atoms with Gasteiger partial charge in [0.25, 0.3) is 0 Å². The van der Waals surface area contributed by atoms with E-state index in [1.807, 2.05) is 0 Å². The van der Waals surface area contributed by atoms with E-state index < -0.39 is 97.5 Å². The maximum atomic E-state index is 13.0. The molecule has 0 bridgehead atoms. The second-order valence-electron chi connectivity index (χ2n) is 25.6. The molecule has 0 heterocycles. The number of aliphatic hydroxyl groups is 1. The molecule has 90 heavy (non-hydrogen) atoms. The number of hydrogen-bond donors (Lipinski definition) is 3. The Labute approximate surface area is 549 Å². The number of rotatable bonds is 72. The van der Waals surface area contributed by atoms with Crippen LogP contribution in [-0.4, -0.2) is 96.7 Å². The highest BCUT2D eigenvalue weighted by molar-refractivity contribution is 7.47. The van der Waals surface area contributed by atoms with E-state index in [0.717, 1.165) is 89.9 Å². The number of ether oxygens (including phenoxy) is 4. The average molecular weight is 1330 g/mol. The summed E-state index contributed by atoms with van der Waals surface area (Å²) < 4.78 is 68.2. The average Bonchev–Trinajstić information content (AvgIpc) is 3.63. The molecule has 0 spiro atoms. The lowest BCUT2D eigenvalue weighted by Gasteiger charge is -2.21. The molecule has 0 aliphatic carbocycles. The van der Waals surface area contributed by atoms with Crippen molar-refractivity contribution in [3.63, 3.8) is 0 Å². The van der Waals surface area contributed by atoms with Crippen LogP contribution in [0.15, 0.2) is 0 Å². The first-order valence-corrected chi connectivity index (χ1v) is 40.3. The zero-order valence-corrected chi connectivity index (χ0v) is 59.9. The van der Waals surface area contributed by atoms with E-state index in [0.29, 0.717) is 25.7 Å². The number of carbonyl (C=O) groups excluding carboxylic acids is 4. The molecule has 0 aliphatic heterocycles. The predicted octanol–water partition coefficient (Wildman–Crippen LogP) is 20.7. The Morgan fingerprint density at radius 3 is 0.656 bits per heavy atom. The van der Waals surface area contributed by atoms with E-state index in [2.05, 4.69) is 27.7 Å². The molecule has 0 aliphatic rings. The van der Waals surface area contributed by atoms with Gasteiger partial charge in [-0.05, 0) is 25.7 Å². The zero-order chi connectivity index (χ0) is 66.1. The zero-order valence-electron chi connectivity index (χ0n) is 58.1. The van der Waals surface area contributed by atoms with Gasteiger partial charge in [-0.1, -0.05) is 323 Å². The smallest absolute Gasteiger partial charge is 0.462 e. The molecule has 0 saturated carbocycles. The number of carbonyl (C=O) groups is 4. The standard InChI is InChI=1S/C71H138O17P2/c1-5-9-13-17-21-25-29-30-31-32-33-34-35-36-37-38-42-46-50-54-58-71(76)88-67(62-82-69(74)56-52-48-44-40-27-23-19-15-11-7-3)64-86-90(79,80)84-60-65(72)59-83-89(77,78)85-63-66(87-70(75)57-53-49-45-41-28-24-20-16-12-8-4)61-81-68(73)55-51-47-43-39-26-22-18-14-10-6-2/h65-67,72H,5-64H2,1-4H3,(H,77,78)(H,79,80)/t65-,66+,67+/m0/s1. The topological polar surface area (TPSA) is 237 Å². The number of aliphatic hydroxyl groups excluding tert-OH is 1. The van der Waals surface area contributed by atoms with E-state index in [4.69, 9.17) is 37.0 Å². The number of phosphoric acid groups is 2. The fourth-order valence-corrected chi connectivity index (χ4v) is 12.4. The van der Waals surface area contributed by atoms with Crippen LogP contribution in [0.3, 0.4) is 0 Å². The molecule has 3 N–H and O–H groups in total. The lowest BCUT2D eigenvalue weighted by Crippen LogP contribution is -2.30. The maximum Gasteiger partial charge on any atom is 0.472 e. The Balaban J connectivity index is 5.15. The molecule has 0 aromatic carbocycles. The number of hydrogen-bond acceptors (Lipinski definition) is 15. The van der Waals surface area contributed by atoms with Crippen LogP contribution in [0, 0.1) is 0 Å². The van der Waals surface area contributed by atoms with Crippen LogP contribution in [0.1, 0.15) is 374 Å². The van der Waals surface area contributed by atoms with Crippen molar-refractivity contribution in [3.8, 4) is 0 Å². The van der Waals surface area contributed by atoms with Gasteiger partial charge in [-0.2, -0.15) is 0 Å². The Bertz CT molecular complexity index is 1720. The second kappa shape index (κ2) is 65.7. The fourth-order valence-electron chi connectivity index (χ4n) is 10.9. The fraction of sp³-hybridized carbons (Fsp3) is 0.944. The molecule has 534 valence electrons. The summed E-state index contributed by atoms with van der Waals surface area (Å²) in [7, 11) is -9.89. The lowest BCUT2D eigenvalue weighted by atomic mass is 10.0. The molecule has 0 aromatic heterocycles. The van der Waals surface area contributed by atoms with Gasteiger partial charge in [-0.15, -0.1) is 0 Å². The van der Waals surface area contributed by atoms with Gasteiger partial charge in [-0.3, -0.25) is 37.3 Å². The van der Waals surface area contributed by atoms with Crippen molar-refractivity contribution in [2.45, 2.75) is 393 Å². The van der Waals surface area contributed by atoms with Crippen LogP contribution in [0.5, 0.6) is 0 Å². The first kappa shape index (κ1) is 88.1. The van der Waals surface area contributed by atoms with Gasteiger partial charge in [0.2, 0.25) is 0 Å². The number of unbranched alkanes of at least 4 members (excludes halogenated alkanes) is 46. The molecule has 5 atom stereocenters. The highest BCUT2D eigenvalue weighted by Gasteiger charge is 2.30. The molecule has 0 aromatic rings. The molecule has 0 rings (SSSR count). The van der Waals surface area contributed by atoms with E-state index in [-0.39, 0.29) is 25.7 Å². The van der Waals surface area contributed by atoms with E-state index in [1.165, 1.54) is 205 Å². The van der Waals surface area contributed by atoms with E-state index >= 15 is 0 Å². The summed E-state index contributed by atoms with van der Waals surface area (Å²) in [6.07, 6.45) is 54.1. The summed E-state index contributed by atoms with van der Waals surface area (Å²) in [6, 6.07) is 0. The Morgan fingerprint density at radius 1 is 0.267 bits per heavy atom. The highest BCUT2D eigenvalue weighted by Crippen LogP contribution is 2.45. The van der Waals surface area contributed by atoms with Gasteiger partial charge < -0.3 is 33.8 Å². The molecule has 19 heteroatoms. The van der Waals surface area contributed by atoms with Crippen LogP contribution in [-0.2, 0) is 65.4 Å². The van der Waals surface area contributed by atoms with Crippen LogP contribution >= 0.6 is 15.6 Å². The lowest BCUT2D eigenvalue weighted by molar-refractivity contribution is -0.161. The van der Waals surface area contributed by atoms with E-state index in [9.17, 15) is 43.2 Å². The van der Waals surface area contributed by atoms with Crippen molar-refractivity contribution in [1.82, 2.24) is 0 Å². The third-order valence-corrected chi connectivity index (χ3v) is 18.5. The summed E-state index contributed by atoms with van der Waals surface area (Å²) in [6.45, 7) is 4.92. The summed E-state index contributed by atoms with van der Waals surface area (Å²) in [5, 5.41) is 10.6. The Morgan fingerprint density at radius 2 is 0.444 bits per heavy atom. The third kappa shape index (κ3) is 64.8. The SMILES string of the molecule is CCCCCCCCCCCCCCCCCCCCCCC(=O)O[C@H](COC(=O)CCCCCCCCCCCC)COP(=O)(O)OC[C@@H](O)COP(=O)(O)OC[C@@H](COC(=O)CCCCCCCCCCCC)OC(=O)CCCCCCCCCCCC. The van der Waals surface area contributed by atoms with Gasteiger partial charge in [-0.25, -0.2) is 9.13 Å². The molecule has 0 amide bonds. The molecule has 0 saturated heterocycles. The minimum atomic E-state index is -4.95. The Hall–Kier alpha value is -1.94. The van der Waals surface area contributed by atoms with Crippen LogP contribution < -0.4 is 0 Å². The molecular formula is C71H138O17P2. The molecule has 2 unspecified atom stereocenters. The van der Waals surface area contributed by atoms with Gasteiger partial charge >= 0.3 is 39.5 Å². The number of esters is 4. The molecule has 0 fully saturated rings. The van der Waals surface area contributed by atoms with Crippen LogP contribution in [0.2, 0.25) is 0 Å². The summed E-state index contributed by atoms with van der Waals surface area (Å²) in [5.74, 6) is -2.12. The summed E-state index contributed by atoms with van der Waals surface area (Å²) in [4.78, 5) is 72.5. The quantitative estimate of drug-likeness (QED) is 0.0222. The normalized spacial score (nSPS) is 14.0. The van der Waals surface area contributed by atoms with Crippen molar-refractivity contribution < 1.29 is 80.2 Å². The van der Waals surface area contributed by atoms with Gasteiger partial charge in [0.15, 0.2) is 12.2 Å². The first-order chi connectivity index (χ1) is 43.7.